The number of anilines is 2. The predicted octanol–water partition coefficient (Wildman–Crippen LogP) is 1.73. The molecule has 2 atom stereocenters. The second-order valence-electron chi connectivity index (χ2n) is 6.49. The lowest BCUT2D eigenvalue weighted by Gasteiger charge is -2.36. The Labute approximate surface area is 150 Å². The molecule has 3 N–H and O–H groups in total. The number of benzene rings is 1. The minimum Gasteiger partial charge on any atom is -0.393 e. The third-order valence-electron chi connectivity index (χ3n) is 4.82. The maximum absolute atomic E-state index is 11.1. The fraction of sp³-hybridized carbons (Fsp3) is 0.412. The van der Waals surface area contributed by atoms with Crippen LogP contribution in [0.25, 0.3) is 0 Å². The van der Waals surface area contributed by atoms with Crippen LogP contribution in [-0.4, -0.2) is 32.7 Å². The number of aryl methyl sites for hydroxylation is 1. The number of imidazole rings is 1. The molecule has 1 aliphatic heterocycles. The molecular formula is C17H20N6O3. The fourth-order valence-electron chi connectivity index (χ4n) is 3.49. The van der Waals surface area contributed by atoms with Gasteiger partial charge in [-0.1, -0.05) is 0 Å². The van der Waals surface area contributed by atoms with E-state index in [1.165, 1.54) is 12.1 Å². The molecule has 0 radical (unpaired) electrons. The van der Waals surface area contributed by atoms with Gasteiger partial charge in [-0.2, -0.15) is 5.26 Å². The van der Waals surface area contributed by atoms with Crippen LogP contribution in [0.3, 0.4) is 0 Å². The first-order valence-corrected chi connectivity index (χ1v) is 8.30. The molecule has 0 amide bonds. The molecule has 9 nitrogen and oxygen atoms in total. The summed E-state index contributed by atoms with van der Waals surface area (Å²) >= 11 is 0. The first-order chi connectivity index (χ1) is 12.4. The van der Waals surface area contributed by atoms with Crippen molar-refractivity contribution in [2.24, 2.45) is 13.0 Å². The number of hydrogen-bond donors (Lipinski definition) is 2. The second kappa shape index (κ2) is 7.01. The monoisotopic (exact) mass is 356 g/mol. The van der Waals surface area contributed by atoms with Crippen LogP contribution in [0.2, 0.25) is 0 Å². The third-order valence-corrected chi connectivity index (χ3v) is 4.82. The molecule has 1 saturated heterocycles. The highest BCUT2D eigenvalue weighted by atomic mass is 16.6. The van der Waals surface area contributed by atoms with Crippen LogP contribution in [0.15, 0.2) is 24.5 Å². The molecule has 0 aliphatic carbocycles. The lowest BCUT2D eigenvalue weighted by Crippen LogP contribution is -2.38. The van der Waals surface area contributed by atoms with Crippen molar-refractivity contribution in [1.29, 1.82) is 5.26 Å². The quantitative estimate of drug-likeness (QED) is 0.484. The highest BCUT2D eigenvalue weighted by Gasteiger charge is 2.30. The molecule has 1 fully saturated rings. The van der Waals surface area contributed by atoms with Crippen molar-refractivity contribution in [2.45, 2.75) is 18.9 Å². The normalized spacial score (nSPS) is 18.3. The van der Waals surface area contributed by atoms with Crippen LogP contribution < -0.4 is 10.6 Å². The number of aliphatic hydroxyl groups excluding tert-OH is 1. The molecular weight excluding hydrogens is 336 g/mol. The van der Waals surface area contributed by atoms with Crippen molar-refractivity contribution in [1.82, 2.24) is 9.55 Å². The smallest absolute Gasteiger partial charge is 0.309 e. The van der Waals surface area contributed by atoms with E-state index in [-0.39, 0.29) is 22.9 Å². The van der Waals surface area contributed by atoms with E-state index in [1.807, 2.05) is 18.0 Å². The highest BCUT2D eigenvalue weighted by molar-refractivity contribution is 5.73. The van der Waals surface area contributed by atoms with Gasteiger partial charge in [0.25, 0.3) is 0 Å². The summed E-state index contributed by atoms with van der Waals surface area (Å²) in [5.41, 5.74) is 6.02. The number of nitro groups is 1. The zero-order valence-corrected chi connectivity index (χ0v) is 14.4. The molecule has 2 aromatic rings. The number of nitrogen functional groups attached to an aromatic ring is 1. The summed E-state index contributed by atoms with van der Waals surface area (Å²) in [6.45, 7) is 1.28. The Balaban J connectivity index is 1.86. The van der Waals surface area contributed by atoms with Crippen LogP contribution in [0.4, 0.5) is 17.1 Å². The molecule has 2 heterocycles. The number of rotatable bonds is 4. The number of hydrogen-bond acceptors (Lipinski definition) is 7. The summed E-state index contributed by atoms with van der Waals surface area (Å²) in [5.74, 6) is 0.574. The molecule has 0 bridgehead atoms. The van der Waals surface area contributed by atoms with Gasteiger partial charge in [0.15, 0.2) is 0 Å². The van der Waals surface area contributed by atoms with Crippen molar-refractivity contribution in [3.8, 4) is 6.07 Å². The van der Waals surface area contributed by atoms with Gasteiger partial charge < -0.3 is 20.3 Å². The van der Waals surface area contributed by atoms with Gasteiger partial charge in [0.1, 0.15) is 29.2 Å². The average Bonchev–Trinajstić information content (AvgIpc) is 3.06. The summed E-state index contributed by atoms with van der Waals surface area (Å²) in [6.07, 6.45) is 4.43. The van der Waals surface area contributed by atoms with Crippen molar-refractivity contribution in [3.05, 3.63) is 46.0 Å². The summed E-state index contributed by atoms with van der Waals surface area (Å²) in [7, 11) is 1.84. The number of nitrogens with two attached hydrogens (primary N) is 1. The van der Waals surface area contributed by atoms with E-state index in [2.05, 4.69) is 4.98 Å². The topological polar surface area (TPSA) is 134 Å². The van der Waals surface area contributed by atoms with Crippen LogP contribution in [-0.2, 0) is 7.05 Å². The van der Waals surface area contributed by atoms with Crippen molar-refractivity contribution in [3.63, 3.8) is 0 Å². The number of nitriles is 1. The first kappa shape index (κ1) is 17.7. The van der Waals surface area contributed by atoms with E-state index >= 15 is 0 Å². The Kier molecular flexibility index (Phi) is 4.77. The zero-order valence-electron chi connectivity index (χ0n) is 14.4. The van der Waals surface area contributed by atoms with E-state index < -0.39 is 11.0 Å². The third kappa shape index (κ3) is 3.19. The minimum absolute atomic E-state index is 0.0316. The summed E-state index contributed by atoms with van der Waals surface area (Å²) in [5, 5.41) is 31.0. The fourth-order valence-corrected chi connectivity index (χ4v) is 3.49. The van der Waals surface area contributed by atoms with Crippen LogP contribution >= 0.6 is 0 Å². The van der Waals surface area contributed by atoms with Gasteiger partial charge in [0, 0.05) is 44.1 Å². The molecule has 2 unspecified atom stereocenters. The zero-order chi connectivity index (χ0) is 18.8. The first-order valence-electron chi connectivity index (χ1n) is 8.30. The second-order valence-corrected chi connectivity index (χ2v) is 6.49. The SMILES string of the molecule is Cn1ccnc1C(O)C1CCCN(c2cc(N)c([N+](=O)[O-])c(C#N)c2)C1. The molecule has 0 spiro atoms. The van der Waals surface area contributed by atoms with E-state index in [0.29, 0.717) is 18.1 Å². The number of nitrogens with zero attached hydrogens (tertiary/aromatic N) is 5. The molecule has 3 rings (SSSR count). The number of aromatic nitrogens is 2. The molecule has 136 valence electrons. The molecule has 1 aliphatic rings. The standard InChI is InChI=1S/C17H20N6O3/c1-21-6-4-20-17(21)16(24)11-3-2-5-22(10-11)13-7-12(9-18)15(23(25)26)14(19)8-13/h4,6-8,11,16,24H,2-3,5,10,19H2,1H3. The molecule has 1 aromatic carbocycles. The van der Waals surface area contributed by atoms with Gasteiger partial charge in [-0.05, 0) is 25.0 Å². The van der Waals surface area contributed by atoms with Crippen LogP contribution in [0.1, 0.15) is 30.3 Å². The van der Waals surface area contributed by atoms with E-state index in [1.54, 1.807) is 17.0 Å². The Bertz CT molecular complexity index is 872. The lowest BCUT2D eigenvalue weighted by atomic mass is 9.91. The summed E-state index contributed by atoms with van der Waals surface area (Å²) in [4.78, 5) is 16.7. The minimum atomic E-state index is -0.705. The predicted molar refractivity (Wildman–Crippen MR) is 95.3 cm³/mol. The van der Waals surface area contributed by atoms with Crippen LogP contribution in [0.5, 0.6) is 0 Å². The van der Waals surface area contributed by atoms with Crippen LogP contribution in [0, 0.1) is 27.4 Å². The number of aliphatic hydroxyl groups is 1. The number of piperidine rings is 1. The van der Waals surface area contributed by atoms with Gasteiger partial charge in [-0.15, -0.1) is 0 Å². The summed E-state index contributed by atoms with van der Waals surface area (Å²) in [6, 6.07) is 4.86. The Morgan fingerprint density at radius 3 is 2.92 bits per heavy atom. The van der Waals surface area contributed by atoms with Gasteiger partial charge in [-0.3, -0.25) is 10.1 Å². The van der Waals surface area contributed by atoms with E-state index in [9.17, 15) is 20.5 Å². The molecule has 0 saturated carbocycles. The van der Waals surface area contributed by atoms with Crippen molar-refractivity contribution < 1.29 is 10.0 Å². The highest BCUT2D eigenvalue weighted by Crippen LogP contribution is 2.35. The largest absolute Gasteiger partial charge is 0.393 e. The Hall–Kier alpha value is -3.12. The molecule has 26 heavy (non-hydrogen) atoms. The van der Waals surface area contributed by atoms with E-state index in [4.69, 9.17) is 5.73 Å². The maximum Gasteiger partial charge on any atom is 0.309 e. The van der Waals surface area contributed by atoms with Gasteiger partial charge in [-0.25, -0.2) is 4.98 Å². The Morgan fingerprint density at radius 1 is 1.54 bits per heavy atom. The van der Waals surface area contributed by atoms with E-state index in [0.717, 1.165) is 19.4 Å². The Morgan fingerprint density at radius 2 is 2.31 bits per heavy atom. The summed E-state index contributed by atoms with van der Waals surface area (Å²) < 4.78 is 1.79. The lowest BCUT2D eigenvalue weighted by molar-refractivity contribution is -0.384. The van der Waals surface area contributed by atoms with Gasteiger partial charge in [0.05, 0.1) is 4.92 Å². The number of nitro benzene ring substituents is 1. The van der Waals surface area contributed by atoms with Gasteiger partial charge in [0.2, 0.25) is 0 Å². The van der Waals surface area contributed by atoms with Gasteiger partial charge >= 0.3 is 5.69 Å². The maximum atomic E-state index is 11.1. The molecule has 1 aromatic heterocycles. The average molecular weight is 356 g/mol. The van der Waals surface area contributed by atoms with Crippen molar-refractivity contribution in [2.75, 3.05) is 23.7 Å². The molecule has 9 heteroatoms. The van der Waals surface area contributed by atoms with Crippen molar-refractivity contribution >= 4 is 17.1 Å².